The Balaban J connectivity index is 1.97. The van der Waals surface area contributed by atoms with Crippen molar-refractivity contribution in [1.82, 2.24) is 15.5 Å². The summed E-state index contributed by atoms with van der Waals surface area (Å²) in [7, 11) is 3.37. The Hall–Kier alpha value is -2.09. The van der Waals surface area contributed by atoms with E-state index in [9.17, 15) is 13.6 Å². The number of piperidine rings is 1. The van der Waals surface area contributed by atoms with Crippen molar-refractivity contribution in [1.29, 1.82) is 0 Å². The summed E-state index contributed by atoms with van der Waals surface area (Å²) in [6.07, 6.45) is 1.19. The number of hydrogen-bond donors (Lipinski definition) is 2. The molecule has 9 heteroatoms. The fraction of sp³-hybridized carbons (Fsp3) is 0.500. The van der Waals surface area contributed by atoms with Crippen molar-refractivity contribution in [3.05, 3.63) is 28.8 Å². The standard InChI is InChI=1S/C16H21ClF2N4O2/c1-20-16(22-12-4-6-14(24)23(2)9-12)21-8-10-7-11(17)3-5-13(10)25-15(18)19/h3,5,7,12,15H,4,6,8-9H2,1-2H3,(H2,20,21,22). The van der Waals surface area contributed by atoms with Crippen LogP contribution in [0.25, 0.3) is 0 Å². The Bertz CT molecular complexity index is 643. The van der Waals surface area contributed by atoms with Crippen molar-refractivity contribution >= 4 is 23.5 Å². The van der Waals surface area contributed by atoms with E-state index in [1.165, 1.54) is 12.1 Å². The van der Waals surface area contributed by atoms with Gasteiger partial charge in [-0.1, -0.05) is 11.6 Å². The second-order valence-corrected chi connectivity index (χ2v) is 6.15. The number of nitrogens with one attached hydrogen (secondary N) is 2. The van der Waals surface area contributed by atoms with Gasteiger partial charge in [0.05, 0.1) is 0 Å². The van der Waals surface area contributed by atoms with Crippen LogP contribution in [0.2, 0.25) is 5.02 Å². The molecule has 25 heavy (non-hydrogen) atoms. The highest BCUT2D eigenvalue weighted by molar-refractivity contribution is 6.30. The Morgan fingerprint density at radius 1 is 1.52 bits per heavy atom. The Morgan fingerprint density at radius 3 is 2.92 bits per heavy atom. The topological polar surface area (TPSA) is 66.0 Å². The molecule has 0 aliphatic carbocycles. The molecule has 6 nitrogen and oxygen atoms in total. The average Bonchev–Trinajstić information content (AvgIpc) is 2.56. The number of hydrogen-bond acceptors (Lipinski definition) is 3. The number of benzene rings is 1. The monoisotopic (exact) mass is 374 g/mol. The van der Waals surface area contributed by atoms with E-state index in [1.54, 1.807) is 25.1 Å². The predicted octanol–water partition coefficient (Wildman–Crippen LogP) is 2.23. The van der Waals surface area contributed by atoms with Gasteiger partial charge in [-0.2, -0.15) is 8.78 Å². The zero-order valence-corrected chi connectivity index (χ0v) is 14.8. The van der Waals surface area contributed by atoms with Gasteiger partial charge < -0.3 is 20.3 Å². The third kappa shape index (κ3) is 5.74. The molecule has 0 aromatic heterocycles. The molecule has 1 fully saturated rings. The second kappa shape index (κ2) is 8.84. The number of nitrogens with zero attached hydrogens (tertiary/aromatic N) is 2. The molecule has 0 spiro atoms. The third-order valence-corrected chi connectivity index (χ3v) is 4.11. The lowest BCUT2D eigenvalue weighted by atomic mass is 10.1. The molecule has 2 rings (SSSR count). The quantitative estimate of drug-likeness (QED) is 0.612. The molecule has 0 saturated carbocycles. The van der Waals surface area contributed by atoms with Gasteiger partial charge in [0.1, 0.15) is 5.75 Å². The maximum Gasteiger partial charge on any atom is 0.387 e. The molecular formula is C16H21ClF2N4O2. The van der Waals surface area contributed by atoms with E-state index in [0.717, 1.165) is 0 Å². The highest BCUT2D eigenvalue weighted by atomic mass is 35.5. The van der Waals surface area contributed by atoms with Crippen LogP contribution in [0.4, 0.5) is 8.78 Å². The van der Waals surface area contributed by atoms with Crippen LogP contribution >= 0.6 is 11.6 Å². The van der Waals surface area contributed by atoms with Crippen molar-refractivity contribution in [2.75, 3.05) is 20.6 Å². The highest BCUT2D eigenvalue weighted by Gasteiger charge is 2.23. The molecule has 1 atom stereocenters. The summed E-state index contributed by atoms with van der Waals surface area (Å²) in [6, 6.07) is 4.53. The van der Waals surface area contributed by atoms with Crippen molar-refractivity contribution in [2.45, 2.75) is 32.0 Å². The summed E-state index contributed by atoms with van der Waals surface area (Å²) >= 11 is 5.93. The van der Waals surface area contributed by atoms with Gasteiger partial charge in [-0.25, -0.2) is 0 Å². The van der Waals surface area contributed by atoms with E-state index in [2.05, 4.69) is 20.4 Å². The number of likely N-dealkylation sites (tertiary alicyclic amines) is 1. The number of carbonyl (C=O) groups is 1. The molecule has 1 aliphatic heterocycles. The van der Waals surface area contributed by atoms with Crippen molar-refractivity contribution in [3.8, 4) is 5.75 Å². The summed E-state index contributed by atoms with van der Waals surface area (Å²) in [5.74, 6) is 0.690. The van der Waals surface area contributed by atoms with E-state index in [-0.39, 0.29) is 24.2 Å². The first-order valence-electron chi connectivity index (χ1n) is 7.83. The number of amides is 1. The molecule has 1 heterocycles. The number of rotatable bonds is 5. The Morgan fingerprint density at radius 2 is 2.28 bits per heavy atom. The minimum atomic E-state index is -2.91. The summed E-state index contributed by atoms with van der Waals surface area (Å²) in [6.45, 7) is -2.12. The Kier molecular flexibility index (Phi) is 6.81. The van der Waals surface area contributed by atoms with Gasteiger partial charge in [-0.05, 0) is 24.6 Å². The van der Waals surface area contributed by atoms with Crippen molar-refractivity contribution in [3.63, 3.8) is 0 Å². The van der Waals surface area contributed by atoms with Crippen LogP contribution in [0.3, 0.4) is 0 Å². The average molecular weight is 375 g/mol. The number of likely N-dealkylation sites (N-methyl/N-ethyl adjacent to an activating group) is 1. The molecule has 2 N–H and O–H groups in total. The van der Waals surface area contributed by atoms with E-state index >= 15 is 0 Å². The number of aliphatic imine (C=N–C) groups is 1. The molecule has 1 unspecified atom stereocenters. The molecule has 1 aliphatic rings. The lowest BCUT2D eigenvalue weighted by Crippen LogP contribution is -2.51. The van der Waals surface area contributed by atoms with Crippen LogP contribution in [0, 0.1) is 0 Å². The third-order valence-electron chi connectivity index (χ3n) is 3.88. The van der Waals surface area contributed by atoms with Gasteiger partial charge >= 0.3 is 6.61 Å². The van der Waals surface area contributed by atoms with Gasteiger partial charge in [-0.3, -0.25) is 9.79 Å². The summed E-state index contributed by atoms with van der Waals surface area (Å²) in [4.78, 5) is 17.3. The maximum absolute atomic E-state index is 12.5. The van der Waals surface area contributed by atoms with E-state index in [1.807, 2.05) is 0 Å². The molecular weight excluding hydrogens is 354 g/mol. The molecule has 0 radical (unpaired) electrons. The first-order chi connectivity index (χ1) is 11.9. The number of carbonyl (C=O) groups excluding carboxylic acids is 1. The zero-order chi connectivity index (χ0) is 18.4. The fourth-order valence-electron chi connectivity index (χ4n) is 2.59. The number of guanidine groups is 1. The SMILES string of the molecule is CN=C(NCc1cc(Cl)ccc1OC(F)F)NC1CCC(=O)N(C)C1. The highest BCUT2D eigenvalue weighted by Crippen LogP contribution is 2.24. The summed E-state index contributed by atoms with van der Waals surface area (Å²) in [5, 5.41) is 6.70. The van der Waals surface area contributed by atoms with E-state index < -0.39 is 6.61 Å². The molecule has 1 aromatic carbocycles. The smallest absolute Gasteiger partial charge is 0.387 e. The number of alkyl halides is 2. The minimum Gasteiger partial charge on any atom is -0.434 e. The van der Waals surface area contributed by atoms with Crippen LogP contribution in [0.1, 0.15) is 18.4 Å². The van der Waals surface area contributed by atoms with E-state index in [0.29, 0.717) is 35.9 Å². The summed E-state index contributed by atoms with van der Waals surface area (Å²) < 4.78 is 29.5. The largest absolute Gasteiger partial charge is 0.434 e. The maximum atomic E-state index is 12.5. The van der Waals surface area contributed by atoms with Gasteiger partial charge in [0.25, 0.3) is 0 Å². The minimum absolute atomic E-state index is 0.0605. The first-order valence-corrected chi connectivity index (χ1v) is 8.21. The lowest BCUT2D eigenvalue weighted by molar-refractivity contribution is -0.132. The molecule has 1 saturated heterocycles. The molecule has 138 valence electrons. The number of halogens is 3. The normalized spacial score (nSPS) is 18.5. The van der Waals surface area contributed by atoms with Gasteiger partial charge in [0.15, 0.2) is 5.96 Å². The first kappa shape index (κ1) is 19.2. The van der Waals surface area contributed by atoms with Crippen LogP contribution in [0.5, 0.6) is 5.75 Å². The zero-order valence-electron chi connectivity index (χ0n) is 14.1. The predicted molar refractivity (Wildman–Crippen MR) is 92.1 cm³/mol. The van der Waals surface area contributed by atoms with Crippen LogP contribution in [-0.4, -0.2) is 50.1 Å². The van der Waals surface area contributed by atoms with E-state index in [4.69, 9.17) is 11.6 Å². The summed E-state index contributed by atoms with van der Waals surface area (Å²) in [5.41, 5.74) is 0.492. The van der Waals surface area contributed by atoms with Gasteiger partial charge in [0.2, 0.25) is 5.91 Å². The van der Waals surface area contributed by atoms with Crippen LogP contribution in [0.15, 0.2) is 23.2 Å². The molecule has 0 bridgehead atoms. The van der Waals surface area contributed by atoms with Gasteiger partial charge in [0, 0.05) is 50.2 Å². The fourth-order valence-corrected chi connectivity index (χ4v) is 2.79. The molecule has 1 aromatic rings. The van der Waals surface area contributed by atoms with Crippen LogP contribution < -0.4 is 15.4 Å². The van der Waals surface area contributed by atoms with Crippen molar-refractivity contribution < 1.29 is 18.3 Å². The van der Waals surface area contributed by atoms with Crippen molar-refractivity contribution in [2.24, 2.45) is 4.99 Å². The van der Waals surface area contributed by atoms with Gasteiger partial charge in [-0.15, -0.1) is 0 Å². The van der Waals surface area contributed by atoms with Crippen LogP contribution in [-0.2, 0) is 11.3 Å². The number of ether oxygens (including phenoxy) is 1. The second-order valence-electron chi connectivity index (χ2n) is 5.71. The molecule has 1 amide bonds. The lowest BCUT2D eigenvalue weighted by Gasteiger charge is -2.31. The Labute approximate surface area is 150 Å².